The number of aromatic nitrogens is 4. The zero-order valence-electron chi connectivity index (χ0n) is 38.8. The molecular weight excluding hydrogens is 931 g/mol. The van der Waals surface area contributed by atoms with Gasteiger partial charge in [0.15, 0.2) is 0 Å². The number of benzene rings is 3. The molecule has 0 unspecified atom stereocenters. The predicted molar refractivity (Wildman–Crippen MR) is 255 cm³/mol. The Hall–Kier alpha value is -6.35. The van der Waals surface area contributed by atoms with Crippen LogP contribution in [0, 0.1) is 22.3 Å². The first-order chi connectivity index (χ1) is 29.6. The number of methoxy groups -OCH3 is 1. The average molecular weight is 989 g/mol. The van der Waals surface area contributed by atoms with Crippen LogP contribution in [0.2, 0.25) is 0 Å². The molecule has 2 amide bonds. The van der Waals surface area contributed by atoms with Crippen LogP contribution in [0.4, 0.5) is 31.1 Å². The van der Waals surface area contributed by atoms with Gasteiger partial charge in [-0.05, 0) is 148 Å². The molecule has 5 rings (SSSR count). The number of imidazole rings is 2. The number of hydrogen-bond acceptors (Lipinski definition) is 11. The van der Waals surface area contributed by atoms with Crippen molar-refractivity contribution in [1.82, 2.24) is 19.1 Å². The van der Waals surface area contributed by atoms with Crippen LogP contribution in [-0.2, 0) is 18.9 Å². The van der Waals surface area contributed by atoms with Gasteiger partial charge in [-0.25, -0.2) is 38.3 Å². The van der Waals surface area contributed by atoms with Crippen LogP contribution >= 0.6 is 22.6 Å². The molecule has 0 aliphatic rings. The average Bonchev–Trinajstić information content (AvgIpc) is 3.76. The minimum absolute atomic E-state index is 0.0211. The monoisotopic (exact) mass is 988 g/mol. The Kier molecular flexibility index (Phi) is 16.1. The molecule has 0 radical (unpaired) electrons. The molecule has 16 heteroatoms. The Bertz CT molecular complexity index is 2560. The number of hydrogen-bond donors (Lipinski definition) is 2. The van der Waals surface area contributed by atoms with Gasteiger partial charge in [0.05, 0.1) is 30.9 Å². The molecule has 0 aliphatic heterocycles. The first-order valence-electron chi connectivity index (χ1n) is 20.3. The lowest BCUT2D eigenvalue weighted by Gasteiger charge is -2.22. The van der Waals surface area contributed by atoms with Crippen molar-refractivity contribution in [3.05, 3.63) is 99.4 Å². The van der Waals surface area contributed by atoms with Gasteiger partial charge >= 0.3 is 24.4 Å². The molecule has 0 aliphatic carbocycles. The van der Waals surface area contributed by atoms with Gasteiger partial charge in [-0.1, -0.05) is 48.2 Å². The number of nitrogens with one attached hydrogen (secondary N) is 2. The van der Waals surface area contributed by atoms with Crippen LogP contribution < -0.4 is 15.4 Å². The van der Waals surface area contributed by atoms with E-state index >= 15 is 0 Å². The van der Waals surface area contributed by atoms with Crippen molar-refractivity contribution in [1.29, 1.82) is 0 Å². The predicted octanol–water partition coefficient (Wildman–Crippen LogP) is 11.7. The summed E-state index contributed by atoms with van der Waals surface area (Å²) in [4.78, 5) is 59.2. The van der Waals surface area contributed by atoms with E-state index in [0.717, 1.165) is 26.0 Å². The third kappa shape index (κ3) is 14.9. The summed E-state index contributed by atoms with van der Waals surface area (Å²) in [6.07, 6.45) is 0.245. The summed E-state index contributed by atoms with van der Waals surface area (Å²) in [7, 11) is 1.62. The van der Waals surface area contributed by atoms with Gasteiger partial charge in [0, 0.05) is 25.8 Å². The number of nitrogens with zero attached hydrogens (tertiary/aromatic N) is 4. The van der Waals surface area contributed by atoms with E-state index in [2.05, 4.69) is 55.0 Å². The lowest BCUT2D eigenvalue weighted by molar-refractivity contribution is 0.0526. The Balaban J connectivity index is 0.000000295. The molecule has 0 bridgehead atoms. The summed E-state index contributed by atoms with van der Waals surface area (Å²) in [6.45, 7) is 23.1. The molecule has 0 saturated heterocycles. The molecule has 64 heavy (non-hydrogen) atoms. The third-order valence-corrected chi connectivity index (χ3v) is 8.96. The number of carbonyl (C=O) groups is 4. The number of halogens is 1. The number of aryl methyl sites for hydroxylation is 1. The molecule has 3 aromatic carbocycles. The molecule has 5 aromatic rings. The molecule has 2 heterocycles. The summed E-state index contributed by atoms with van der Waals surface area (Å²) < 4.78 is 30.4. The molecule has 15 nitrogen and oxygen atoms in total. The lowest BCUT2D eigenvalue weighted by Crippen LogP contribution is -2.31. The van der Waals surface area contributed by atoms with Gasteiger partial charge in [-0.3, -0.25) is 10.6 Å². The van der Waals surface area contributed by atoms with Gasteiger partial charge in [0.25, 0.3) is 0 Å². The van der Waals surface area contributed by atoms with Crippen molar-refractivity contribution < 1.29 is 42.9 Å². The van der Waals surface area contributed by atoms with Gasteiger partial charge in [-0.2, -0.15) is 0 Å². The maximum absolute atomic E-state index is 13.3. The largest absolute Gasteiger partial charge is 0.497 e. The van der Waals surface area contributed by atoms with Crippen LogP contribution in [0.15, 0.2) is 79.1 Å². The van der Waals surface area contributed by atoms with Gasteiger partial charge in [0.1, 0.15) is 28.2 Å². The smallest absolute Gasteiger partial charge is 0.421 e. The number of carbonyl (C=O) groups excluding carboxylic acids is 4. The van der Waals surface area contributed by atoms with E-state index in [-0.39, 0.29) is 11.9 Å². The molecule has 0 saturated carbocycles. The Morgan fingerprint density at radius 2 is 1.00 bits per heavy atom. The van der Waals surface area contributed by atoms with Crippen LogP contribution in [0.25, 0.3) is 22.5 Å². The number of rotatable bonds is 5. The second kappa shape index (κ2) is 20.4. The third-order valence-electron chi connectivity index (χ3n) is 8.02. The van der Waals surface area contributed by atoms with E-state index < -0.39 is 46.8 Å². The fraction of sp³-hybridized carbons (Fsp3) is 0.375. The van der Waals surface area contributed by atoms with Crippen molar-refractivity contribution in [2.45, 2.75) is 112 Å². The maximum Gasteiger partial charge on any atom is 0.421 e. The van der Waals surface area contributed by atoms with E-state index in [0.29, 0.717) is 22.5 Å². The second-order valence-electron chi connectivity index (χ2n) is 18.3. The van der Waals surface area contributed by atoms with E-state index in [1.807, 2.05) is 73.7 Å². The fourth-order valence-corrected chi connectivity index (χ4v) is 6.22. The Morgan fingerprint density at radius 1 is 0.578 bits per heavy atom. The molecular formula is C48H57IN6O9. The first-order valence-corrected chi connectivity index (χ1v) is 21.4. The standard InChI is InChI=1S/C29H33N3O5.C19H24IN3O4/c1-19-17-22(35-8)16-15-20(19)13-14-21-11-9-10-12-23(21)24-18-30-25(31-26(33)36-28(2,3)4)32(24)27(34)37-29(5,6)7;1-18(2,3)26-16(24)22-15-21-11-14(12-9-7-8-10-13(12)20)23(15)17(25)27-19(4,5)6/h9-12,15-18H,1-8H3,(H,30,31,33);7-11H,1-6H3,(H,21,22,24). The fourth-order valence-electron chi connectivity index (χ4n) is 5.56. The first kappa shape index (κ1) is 50.3. The normalized spacial score (nSPS) is 11.5. The minimum atomic E-state index is -0.771. The number of ether oxygens (including phenoxy) is 5. The molecule has 0 fully saturated rings. The zero-order chi connectivity index (χ0) is 47.8. The van der Waals surface area contributed by atoms with Crippen molar-refractivity contribution in [2.24, 2.45) is 0 Å². The van der Waals surface area contributed by atoms with Crippen LogP contribution in [0.1, 0.15) is 99.8 Å². The summed E-state index contributed by atoms with van der Waals surface area (Å²) in [5.41, 5.74) is 2.01. The molecule has 340 valence electrons. The molecule has 2 N–H and O–H groups in total. The Morgan fingerprint density at radius 3 is 1.44 bits per heavy atom. The summed E-state index contributed by atoms with van der Waals surface area (Å²) in [5.74, 6) is 7.18. The summed E-state index contributed by atoms with van der Waals surface area (Å²) in [6, 6.07) is 20.6. The van der Waals surface area contributed by atoms with Gasteiger partial charge < -0.3 is 23.7 Å². The van der Waals surface area contributed by atoms with Gasteiger partial charge in [0.2, 0.25) is 11.9 Å². The van der Waals surface area contributed by atoms with Crippen LogP contribution in [-0.4, -0.2) is 73.0 Å². The summed E-state index contributed by atoms with van der Waals surface area (Å²) >= 11 is 2.18. The lowest BCUT2D eigenvalue weighted by atomic mass is 10.0. The van der Waals surface area contributed by atoms with Gasteiger partial charge in [-0.15, -0.1) is 0 Å². The van der Waals surface area contributed by atoms with Crippen molar-refractivity contribution >= 4 is 58.9 Å². The quantitative estimate of drug-likeness (QED) is 0.0974. The highest BCUT2D eigenvalue weighted by Gasteiger charge is 2.29. The topological polar surface area (TPSA) is 174 Å². The van der Waals surface area contributed by atoms with E-state index in [4.69, 9.17) is 23.7 Å². The minimum Gasteiger partial charge on any atom is -0.497 e. The van der Waals surface area contributed by atoms with Crippen molar-refractivity contribution in [3.63, 3.8) is 0 Å². The van der Waals surface area contributed by atoms with Crippen molar-refractivity contribution in [3.8, 4) is 40.1 Å². The van der Waals surface area contributed by atoms with E-state index in [9.17, 15) is 19.2 Å². The number of anilines is 2. The highest BCUT2D eigenvalue weighted by molar-refractivity contribution is 14.1. The van der Waals surface area contributed by atoms with E-state index in [1.165, 1.54) is 21.5 Å². The van der Waals surface area contributed by atoms with E-state index in [1.54, 1.807) is 90.2 Å². The molecule has 2 aromatic heterocycles. The maximum atomic E-state index is 13.3. The zero-order valence-corrected chi connectivity index (χ0v) is 41.0. The molecule has 0 spiro atoms. The SMILES string of the molecule is CC(C)(C)OC(=O)Nc1ncc(-c2ccccc2I)n1C(=O)OC(C)(C)C.COc1ccc(C#Cc2ccccc2-c2cnc(NC(=O)OC(C)(C)C)n2C(=O)OC(C)(C)C)c(C)c1. The highest BCUT2D eigenvalue weighted by atomic mass is 127. The summed E-state index contributed by atoms with van der Waals surface area (Å²) in [5, 5.41) is 5.09. The molecule has 0 atom stereocenters. The second-order valence-corrected chi connectivity index (χ2v) is 19.4. The van der Waals surface area contributed by atoms with Crippen molar-refractivity contribution in [2.75, 3.05) is 17.7 Å². The Labute approximate surface area is 388 Å². The van der Waals surface area contributed by atoms with Crippen LogP contribution in [0.5, 0.6) is 5.75 Å². The highest BCUT2D eigenvalue weighted by Crippen LogP contribution is 2.30. The number of amides is 2. The van der Waals surface area contributed by atoms with Crippen LogP contribution in [0.3, 0.4) is 0 Å².